The summed E-state index contributed by atoms with van der Waals surface area (Å²) in [6.07, 6.45) is 1.50. The Bertz CT molecular complexity index is 1100. The average molecular weight is 466 g/mol. The number of carbonyl (C=O) groups excluding carboxylic acids is 1. The van der Waals surface area contributed by atoms with E-state index in [1.165, 1.54) is 4.68 Å². The first-order valence-corrected chi connectivity index (χ1v) is 9.40. The molecule has 3 heterocycles. The van der Waals surface area contributed by atoms with Crippen molar-refractivity contribution in [1.29, 1.82) is 0 Å². The zero-order valence-electron chi connectivity index (χ0n) is 13.9. The van der Waals surface area contributed by atoms with Crippen molar-refractivity contribution in [2.24, 2.45) is 4.99 Å². The maximum Gasteiger partial charge on any atom is 0.241 e. The molecule has 0 saturated carbocycles. The number of aryl methyl sites for hydroxylation is 1. The fraction of sp³-hybridized carbons (Fsp3) is 0.111. The van der Waals surface area contributed by atoms with Crippen LogP contribution in [0.1, 0.15) is 22.9 Å². The molecular weight excluding hydrogens is 455 g/mol. The molecule has 0 spiro atoms. The van der Waals surface area contributed by atoms with Crippen LogP contribution in [-0.4, -0.2) is 26.9 Å². The van der Waals surface area contributed by atoms with Gasteiger partial charge in [0.15, 0.2) is 18.2 Å². The standard InChI is InChI=1S/C18H11BrCl2N4O2/c1-9-5-10(20)6-11-14(8-26)27-18(23-16(9)11)13-7-15(19)24-25(13)17-12(21)3-2-4-22-17/h2-8,14H,1H3. The highest BCUT2D eigenvalue weighted by Crippen LogP contribution is 2.38. The van der Waals surface area contributed by atoms with E-state index >= 15 is 0 Å². The van der Waals surface area contributed by atoms with E-state index in [-0.39, 0.29) is 5.90 Å². The summed E-state index contributed by atoms with van der Waals surface area (Å²) in [5, 5.41) is 5.32. The SMILES string of the molecule is Cc1cc(Cl)cc2c1N=C(c1cc(Br)nn1-c1ncccc1Cl)OC2C=O. The van der Waals surface area contributed by atoms with Gasteiger partial charge in [0.25, 0.3) is 0 Å². The van der Waals surface area contributed by atoms with E-state index < -0.39 is 6.10 Å². The second-order valence-electron chi connectivity index (χ2n) is 5.82. The molecule has 0 fully saturated rings. The van der Waals surface area contributed by atoms with Crippen molar-refractivity contribution in [3.05, 3.63) is 68.0 Å². The van der Waals surface area contributed by atoms with E-state index in [0.717, 1.165) is 5.56 Å². The molecule has 0 N–H and O–H groups in total. The molecule has 3 aromatic rings. The molecule has 0 bridgehead atoms. The van der Waals surface area contributed by atoms with Crippen molar-refractivity contribution in [3.63, 3.8) is 0 Å². The van der Waals surface area contributed by atoms with Crippen LogP contribution in [0.5, 0.6) is 0 Å². The van der Waals surface area contributed by atoms with Crippen LogP contribution < -0.4 is 0 Å². The summed E-state index contributed by atoms with van der Waals surface area (Å²) >= 11 is 15.7. The lowest BCUT2D eigenvalue weighted by Gasteiger charge is -2.24. The second kappa shape index (κ2) is 7.07. The summed E-state index contributed by atoms with van der Waals surface area (Å²) in [7, 11) is 0. The molecule has 0 radical (unpaired) electrons. The van der Waals surface area contributed by atoms with Crippen molar-refractivity contribution in [3.8, 4) is 5.82 Å². The van der Waals surface area contributed by atoms with Gasteiger partial charge in [-0.05, 0) is 52.7 Å². The van der Waals surface area contributed by atoms with Crippen LogP contribution >= 0.6 is 39.1 Å². The maximum absolute atomic E-state index is 11.6. The van der Waals surface area contributed by atoms with Gasteiger partial charge in [0.1, 0.15) is 10.3 Å². The zero-order valence-corrected chi connectivity index (χ0v) is 17.0. The van der Waals surface area contributed by atoms with Crippen LogP contribution in [0.2, 0.25) is 10.0 Å². The van der Waals surface area contributed by atoms with Crippen molar-refractivity contribution in [2.45, 2.75) is 13.0 Å². The van der Waals surface area contributed by atoms with Crippen LogP contribution in [0.25, 0.3) is 5.82 Å². The lowest BCUT2D eigenvalue weighted by molar-refractivity contribution is -0.114. The number of aliphatic imine (C=N–C) groups is 1. The summed E-state index contributed by atoms with van der Waals surface area (Å²) in [4.78, 5) is 20.5. The fourth-order valence-corrected chi connectivity index (χ4v) is 3.72. The Morgan fingerprint density at radius 1 is 1.30 bits per heavy atom. The van der Waals surface area contributed by atoms with Gasteiger partial charge in [0, 0.05) is 22.8 Å². The largest absolute Gasteiger partial charge is 0.460 e. The number of benzene rings is 1. The molecular formula is C18H11BrCl2N4O2. The highest BCUT2D eigenvalue weighted by Gasteiger charge is 2.29. The molecule has 1 aliphatic rings. The van der Waals surface area contributed by atoms with Crippen LogP contribution in [0.4, 0.5) is 5.69 Å². The van der Waals surface area contributed by atoms with Crippen molar-refractivity contribution in [1.82, 2.24) is 14.8 Å². The van der Waals surface area contributed by atoms with Gasteiger partial charge >= 0.3 is 0 Å². The van der Waals surface area contributed by atoms with Gasteiger partial charge in [-0.3, -0.25) is 4.79 Å². The Hall–Kier alpha value is -2.22. The van der Waals surface area contributed by atoms with Gasteiger partial charge in [-0.1, -0.05) is 23.2 Å². The predicted octanol–water partition coefficient (Wildman–Crippen LogP) is 4.99. The molecule has 0 amide bonds. The summed E-state index contributed by atoms with van der Waals surface area (Å²) in [5.41, 5.74) is 2.62. The number of nitrogens with zero attached hydrogens (tertiary/aromatic N) is 4. The first-order chi connectivity index (χ1) is 13.0. The first kappa shape index (κ1) is 18.2. The highest BCUT2D eigenvalue weighted by molar-refractivity contribution is 9.10. The quantitative estimate of drug-likeness (QED) is 0.510. The topological polar surface area (TPSA) is 69.4 Å². The summed E-state index contributed by atoms with van der Waals surface area (Å²) in [6.45, 7) is 1.88. The molecule has 1 aromatic carbocycles. The number of halogens is 3. The van der Waals surface area contributed by atoms with Gasteiger partial charge in [-0.15, -0.1) is 0 Å². The van der Waals surface area contributed by atoms with E-state index in [1.807, 2.05) is 6.92 Å². The predicted molar refractivity (Wildman–Crippen MR) is 106 cm³/mol. The monoisotopic (exact) mass is 464 g/mol. The Kier molecular flexibility index (Phi) is 4.75. The van der Waals surface area contributed by atoms with Gasteiger partial charge in [0.05, 0.1) is 10.7 Å². The molecule has 4 rings (SSSR count). The average Bonchev–Trinajstić information content (AvgIpc) is 3.03. The smallest absolute Gasteiger partial charge is 0.241 e. The van der Waals surface area contributed by atoms with Crippen LogP contribution in [0.15, 0.2) is 46.1 Å². The molecule has 1 unspecified atom stereocenters. The number of aldehydes is 1. The van der Waals surface area contributed by atoms with Crippen LogP contribution in [0, 0.1) is 6.92 Å². The summed E-state index contributed by atoms with van der Waals surface area (Å²) in [6, 6.07) is 8.64. The Labute approximate surface area is 172 Å². The molecule has 9 heteroatoms. The number of fused-ring (bicyclic) bond motifs is 1. The Balaban J connectivity index is 1.91. The van der Waals surface area contributed by atoms with Gasteiger partial charge in [0.2, 0.25) is 5.90 Å². The molecule has 2 aromatic heterocycles. The van der Waals surface area contributed by atoms with E-state index in [1.54, 1.807) is 36.5 Å². The lowest BCUT2D eigenvalue weighted by atomic mass is 10.0. The number of rotatable bonds is 3. The molecule has 1 aliphatic heterocycles. The molecule has 27 heavy (non-hydrogen) atoms. The molecule has 0 aliphatic carbocycles. The Morgan fingerprint density at radius 3 is 2.85 bits per heavy atom. The van der Waals surface area contributed by atoms with E-state index in [0.29, 0.717) is 43.7 Å². The lowest BCUT2D eigenvalue weighted by Crippen LogP contribution is -2.21. The number of hydrogen-bond donors (Lipinski definition) is 0. The second-order valence-corrected chi connectivity index (χ2v) is 7.48. The number of pyridine rings is 1. The number of hydrogen-bond acceptors (Lipinski definition) is 5. The Morgan fingerprint density at radius 2 is 2.11 bits per heavy atom. The maximum atomic E-state index is 11.6. The third-order valence-electron chi connectivity index (χ3n) is 4.02. The van der Waals surface area contributed by atoms with Crippen LogP contribution in [0.3, 0.4) is 0 Å². The third-order valence-corrected chi connectivity index (χ3v) is 4.92. The number of ether oxygens (including phenoxy) is 1. The highest BCUT2D eigenvalue weighted by atomic mass is 79.9. The fourth-order valence-electron chi connectivity index (χ4n) is 2.86. The van der Waals surface area contributed by atoms with E-state index in [9.17, 15) is 4.79 Å². The van der Waals surface area contributed by atoms with Gasteiger partial charge in [-0.25, -0.2) is 14.7 Å². The van der Waals surface area contributed by atoms with E-state index in [2.05, 4.69) is 31.0 Å². The minimum Gasteiger partial charge on any atom is -0.460 e. The van der Waals surface area contributed by atoms with Crippen molar-refractivity contribution < 1.29 is 9.53 Å². The normalized spacial score (nSPS) is 15.7. The minimum atomic E-state index is -0.828. The molecule has 136 valence electrons. The first-order valence-electron chi connectivity index (χ1n) is 7.85. The van der Waals surface area contributed by atoms with Crippen LogP contribution in [-0.2, 0) is 9.53 Å². The van der Waals surface area contributed by atoms with Crippen molar-refractivity contribution in [2.75, 3.05) is 0 Å². The third kappa shape index (κ3) is 3.26. The van der Waals surface area contributed by atoms with Gasteiger partial charge in [-0.2, -0.15) is 5.10 Å². The van der Waals surface area contributed by atoms with Crippen molar-refractivity contribution >= 4 is 57.0 Å². The molecule has 1 atom stereocenters. The molecule has 0 saturated heterocycles. The minimum absolute atomic E-state index is 0.241. The molecule has 6 nitrogen and oxygen atoms in total. The number of carbonyl (C=O) groups is 1. The summed E-state index contributed by atoms with van der Waals surface area (Å²) in [5.74, 6) is 0.664. The number of aromatic nitrogens is 3. The van der Waals surface area contributed by atoms with Gasteiger partial charge < -0.3 is 4.74 Å². The summed E-state index contributed by atoms with van der Waals surface area (Å²) < 4.78 is 7.91. The zero-order chi connectivity index (χ0) is 19.1. The van der Waals surface area contributed by atoms with E-state index in [4.69, 9.17) is 27.9 Å².